The van der Waals surface area contributed by atoms with Crippen LogP contribution in [0.2, 0.25) is 0 Å². The van der Waals surface area contributed by atoms with Crippen LogP contribution >= 0.6 is 0 Å². The van der Waals surface area contributed by atoms with E-state index in [2.05, 4.69) is 15.6 Å². The Labute approximate surface area is 287 Å². The van der Waals surface area contributed by atoms with Gasteiger partial charge >= 0.3 is 0 Å². The second-order valence-electron chi connectivity index (χ2n) is 12.9. The van der Waals surface area contributed by atoms with Crippen molar-refractivity contribution in [1.29, 1.82) is 0 Å². The van der Waals surface area contributed by atoms with Gasteiger partial charge in [-0.3, -0.25) is 19.4 Å². The third-order valence-electron chi connectivity index (χ3n) is 8.90. The lowest BCUT2D eigenvalue weighted by atomic mass is 9.98. The summed E-state index contributed by atoms with van der Waals surface area (Å²) in [5, 5.41) is 8.14. The van der Waals surface area contributed by atoms with Crippen LogP contribution < -0.4 is 10.6 Å². The zero-order valence-corrected chi connectivity index (χ0v) is 28.8. The van der Waals surface area contributed by atoms with Crippen LogP contribution in [0.3, 0.4) is 0 Å². The molecule has 1 heterocycles. The Morgan fingerprint density at radius 3 is 2.16 bits per heavy atom. The lowest BCUT2D eigenvalue weighted by Crippen LogP contribution is -2.56. The molecule has 258 valence electrons. The minimum Gasteiger partial charge on any atom is -0.354 e. The average molecular weight is 670 g/mol. The Kier molecular flexibility index (Phi) is 12.7. The van der Waals surface area contributed by atoms with E-state index < -0.39 is 35.5 Å². The third-order valence-corrected chi connectivity index (χ3v) is 8.90. The van der Waals surface area contributed by atoms with Crippen LogP contribution in [-0.4, -0.2) is 77.8 Å². The van der Waals surface area contributed by atoms with Gasteiger partial charge in [-0.05, 0) is 91.5 Å². The van der Waals surface area contributed by atoms with Crippen molar-refractivity contribution >= 4 is 28.5 Å². The molecule has 49 heavy (non-hydrogen) atoms. The zero-order valence-electron chi connectivity index (χ0n) is 28.8. The molecule has 0 aliphatic heterocycles. The lowest BCUT2D eigenvalue weighted by molar-refractivity contribution is -0.146. The molecule has 0 saturated heterocycles. The molecule has 8 nitrogen and oxygen atoms in total. The molecule has 3 amide bonds. The number of pyridine rings is 1. The highest BCUT2D eigenvalue weighted by atomic mass is 19.2. The highest BCUT2D eigenvalue weighted by Crippen LogP contribution is 2.21. The summed E-state index contributed by atoms with van der Waals surface area (Å²) in [6.07, 6.45) is 7.81. The van der Waals surface area contributed by atoms with E-state index in [9.17, 15) is 23.2 Å². The standard InChI is InChI=1S/C39H45F2N5O3/c1-39(2,42-3)19-8-11-36(47)45(4)35(26-28-12-14-30-9-6-7-10-31(30)23-28)38(49)46(5)34(25-29-13-15-32(40)33(41)24-29)37(48)44-22-18-27-16-20-43-21-17-27/h6-17,20-21,23-24,34-35,42H,18-19,22,25-26H2,1-5H3,(H,44,48)/t34-,35-/m1/s1. The van der Waals surface area contributed by atoms with Crippen molar-refractivity contribution in [3.8, 4) is 0 Å². The molecule has 1 aromatic heterocycles. The first-order valence-electron chi connectivity index (χ1n) is 16.4. The van der Waals surface area contributed by atoms with Crippen molar-refractivity contribution in [2.24, 2.45) is 0 Å². The molecular weight excluding hydrogens is 624 g/mol. The molecule has 10 heteroatoms. The second-order valence-corrected chi connectivity index (χ2v) is 12.9. The van der Waals surface area contributed by atoms with Crippen LogP contribution in [0, 0.1) is 11.6 Å². The molecule has 0 fully saturated rings. The van der Waals surface area contributed by atoms with Crippen molar-refractivity contribution in [3.63, 3.8) is 0 Å². The van der Waals surface area contributed by atoms with Crippen molar-refractivity contribution < 1.29 is 23.2 Å². The highest BCUT2D eigenvalue weighted by Gasteiger charge is 2.35. The van der Waals surface area contributed by atoms with E-state index in [4.69, 9.17) is 0 Å². The normalized spacial score (nSPS) is 12.9. The first-order chi connectivity index (χ1) is 23.4. The van der Waals surface area contributed by atoms with Gasteiger partial charge in [0.1, 0.15) is 12.1 Å². The summed E-state index contributed by atoms with van der Waals surface area (Å²) in [6.45, 7) is 4.31. The number of nitrogens with one attached hydrogen (secondary N) is 2. The summed E-state index contributed by atoms with van der Waals surface area (Å²) in [5.74, 6) is -3.34. The van der Waals surface area contributed by atoms with Gasteiger partial charge in [0.15, 0.2) is 11.6 Å². The Balaban J connectivity index is 1.64. The fraction of sp³-hybridized carbons (Fsp3) is 0.333. The molecule has 0 aliphatic carbocycles. The lowest BCUT2D eigenvalue weighted by Gasteiger charge is -2.34. The quantitative estimate of drug-likeness (QED) is 0.169. The van der Waals surface area contributed by atoms with Gasteiger partial charge in [-0.15, -0.1) is 0 Å². The van der Waals surface area contributed by atoms with Crippen LogP contribution in [0.15, 0.2) is 97.3 Å². The molecule has 4 rings (SSSR count). The summed E-state index contributed by atoms with van der Waals surface area (Å²) >= 11 is 0. The van der Waals surface area contributed by atoms with Gasteiger partial charge in [-0.2, -0.15) is 0 Å². The number of benzene rings is 3. The summed E-state index contributed by atoms with van der Waals surface area (Å²) in [7, 11) is 4.93. The monoisotopic (exact) mass is 669 g/mol. The maximum atomic E-state index is 14.5. The van der Waals surface area contributed by atoms with Gasteiger partial charge in [-0.25, -0.2) is 8.78 Å². The summed E-state index contributed by atoms with van der Waals surface area (Å²) in [6, 6.07) is 18.8. The van der Waals surface area contributed by atoms with E-state index >= 15 is 0 Å². The number of aromatic nitrogens is 1. The zero-order chi connectivity index (χ0) is 35.6. The number of likely N-dealkylation sites (N-methyl/N-ethyl adjacent to an activating group) is 2. The first-order valence-corrected chi connectivity index (χ1v) is 16.4. The van der Waals surface area contributed by atoms with E-state index in [1.54, 1.807) is 25.5 Å². The van der Waals surface area contributed by atoms with Crippen LogP contribution in [0.25, 0.3) is 10.8 Å². The Hall–Kier alpha value is -4.96. The molecule has 4 aromatic rings. The predicted octanol–water partition coefficient (Wildman–Crippen LogP) is 5.26. The van der Waals surface area contributed by atoms with Crippen LogP contribution in [0.5, 0.6) is 0 Å². The van der Waals surface area contributed by atoms with Crippen LogP contribution in [0.1, 0.15) is 37.0 Å². The molecule has 0 radical (unpaired) electrons. The predicted molar refractivity (Wildman–Crippen MR) is 189 cm³/mol. The van der Waals surface area contributed by atoms with Gasteiger partial charge < -0.3 is 20.4 Å². The maximum Gasteiger partial charge on any atom is 0.246 e. The van der Waals surface area contributed by atoms with Crippen molar-refractivity contribution in [2.75, 3.05) is 27.7 Å². The number of nitrogens with zero attached hydrogens (tertiary/aromatic N) is 3. The number of amides is 3. The fourth-order valence-corrected chi connectivity index (χ4v) is 5.49. The van der Waals surface area contributed by atoms with E-state index in [1.165, 1.54) is 29.0 Å². The molecule has 0 spiro atoms. The van der Waals surface area contributed by atoms with E-state index in [-0.39, 0.29) is 30.8 Å². The fourth-order valence-electron chi connectivity index (χ4n) is 5.49. The number of carbonyl (C=O) groups is 3. The molecule has 2 atom stereocenters. The summed E-state index contributed by atoms with van der Waals surface area (Å²) in [5.41, 5.74) is 1.93. The minimum absolute atomic E-state index is 0.0696. The number of carbonyl (C=O) groups excluding carboxylic acids is 3. The average Bonchev–Trinajstić information content (AvgIpc) is 3.10. The largest absolute Gasteiger partial charge is 0.354 e. The molecular formula is C39H45F2N5O3. The molecule has 2 N–H and O–H groups in total. The van der Waals surface area contributed by atoms with Crippen molar-refractivity contribution in [1.82, 2.24) is 25.4 Å². The number of hydrogen-bond donors (Lipinski definition) is 2. The van der Waals surface area contributed by atoms with E-state index in [0.717, 1.165) is 34.0 Å². The number of fused-ring (bicyclic) bond motifs is 1. The molecule has 0 bridgehead atoms. The molecule has 0 aliphatic rings. The van der Waals surface area contributed by atoms with Crippen LogP contribution in [0.4, 0.5) is 8.78 Å². The van der Waals surface area contributed by atoms with Crippen LogP contribution in [-0.2, 0) is 33.6 Å². The number of rotatable bonds is 15. The third kappa shape index (κ3) is 10.3. The van der Waals surface area contributed by atoms with E-state index in [1.807, 2.05) is 75.5 Å². The topological polar surface area (TPSA) is 94.6 Å². The SMILES string of the molecule is CNC(C)(C)CC=CC(=O)N(C)[C@H](Cc1ccc2ccccc2c1)C(=O)N(C)[C@H](Cc1ccc(F)c(F)c1)C(=O)NCCc1ccncc1. The van der Waals surface area contributed by atoms with Crippen molar-refractivity contribution in [3.05, 3.63) is 126 Å². The van der Waals surface area contributed by atoms with Gasteiger partial charge in [0.25, 0.3) is 0 Å². The van der Waals surface area contributed by atoms with Gasteiger partial charge in [0.2, 0.25) is 17.7 Å². The van der Waals surface area contributed by atoms with E-state index in [0.29, 0.717) is 18.4 Å². The number of hydrogen-bond acceptors (Lipinski definition) is 5. The highest BCUT2D eigenvalue weighted by molar-refractivity contribution is 5.95. The maximum absolute atomic E-state index is 14.5. The number of halogens is 2. The van der Waals surface area contributed by atoms with Gasteiger partial charge in [0, 0.05) is 51.4 Å². The Bertz CT molecular complexity index is 1780. The first kappa shape index (κ1) is 36.9. The Morgan fingerprint density at radius 1 is 0.816 bits per heavy atom. The summed E-state index contributed by atoms with van der Waals surface area (Å²) in [4.78, 5) is 48.5. The molecule has 3 aromatic carbocycles. The minimum atomic E-state index is -1.08. The summed E-state index contributed by atoms with van der Waals surface area (Å²) < 4.78 is 28.0. The van der Waals surface area contributed by atoms with Gasteiger partial charge in [-0.1, -0.05) is 54.6 Å². The van der Waals surface area contributed by atoms with Gasteiger partial charge in [0.05, 0.1) is 0 Å². The molecule has 0 unspecified atom stereocenters. The van der Waals surface area contributed by atoms with Crippen molar-refractivity contribution in [2.45, 2.75) is 57.2 Å². The molecule has 0 saturated carbocycles. The second kappa shape index (κ2) is 16.9. The Morgan fingerprint density at radius 2 is 1.47 bits per heavy atom. The smallest absolute Gasteiger partial charge is 0.246 e.